The van der Waals surface area contributed by atoms with Crippen molar-refractivity contribution in [3.63, 3.8) is 0 Å². The van der Waals surface area contributed by atoms with Gasteiger partial charge in [-0.15, -0.1) is 0 Å². The van der Waals surface area contributed by atoms with Crippen LogP contribution in [0.1, 0.15) is 20.3 Å². The van der Waals surface area contributed by atoms with Crippen LogP contribution >= 0.6 is 15.9 Å². The van der Waals surface area contributed by atoms with Crippen LogP contribution in [0.5, 0.6) is 0 Å². The van der Waals surface area contributed by atoms with Crippen molar-refractivity contribution in [2.24, 2.45) is 0 Å². The Bertz CT molecular complexity index is 493. The highest BCUT2D eigenvalue weighted by Gasteiger charge is 2.05. The second kappa shape index (κ2) is 4.88. The lowest BCUT2D eigenvalue weighted by Gasteiger charge is -2.15. The van der Waals surface area contributed by atoms with Crippen molar-refractivity contribution < 1.29 is 0 Å². The second-order valence-corrected chi connectivity index (χ2v) is 4.95. The molecule has 0 saturated carbocycles. The molecule has 84 valence electrons. The van der Waals surface area contributed by atoms with Crippen LogP contribution in [0.2, 0.25) is 0 Å². The van der Waals surface area contributed by atoms with Crippen molar-refractivity contribution in [1.82, 2.24) is 0 Å². The van der Waals surface area contributed by atoms with E-state index in [1.54, 1.807) is 0 Å². The molecule has 0 fully saturated rings. The largest absolute Gasteiger partial charge is 0.382 e. The Balaban J connectivity index is 2.50. The summed E-state index contributed by atoms with van der Waals surface area (Å²) in [6.45, 7) is 4.40. The Morgan fingerprint density at radius 3 is 2.50 bits per heavy atom. The third-order valence-electron chi connectivity index (χ3n) is 2.89. The molecule has 16 heavy (non-hydrogen) atoms. The van der Waals surface area contributed by atoms with Gasteiger partial charge in [-0.05, 0) is 30.9 Å². The Kier molecular flexibility index (Phi) is 3.49. The SMILES string of the molecule is CCC(C)Nc1ccc(Br)c2ccccc12. The molecule has 0 aliphatic rings. The summed E-state index contributed by atoms with van der Waals surface area (Å²) in [4.78, 5) is 0. The summed E-state index contributed by atoms with van der Waals surface area (Å²) in [5.74, 6) is 0. The number of nitrogens with one attached hydrogen (secondary N) is 1. The van der Waals surface area contributed by atoms with Gasteiger partial charge in [-0.3, -0.25) is 0 Å². The Morgan fingerprint density at radius 1 is 1.12 bits per heavy atom. The highest BCUT2D eigenvalue weighted by molar-refractivity contribution is 9.10. The molecule has 0 amide bonds. The van der Waals surface area contributed by atoms with Crippen LogP contribution in [0.3, 0.4) is 0 Å². The number of hydrogen-bond acceptors (Lipinski definition) is 1. The maximum absolute atomic E-state index is 3.59. The lowest BCUT2D eigenvalue weighted by molar-refractivity contribution is 0.765. The first-order valence-electron chi connectivity index (χ1n) is 5.66. The van der Waals surface area contributed by atoms with Crippen molar-refractivity contribution in [2.75, 3.05) is 5.32 Å². The van der Waals surface area contributed by atoms with Crippen molar-refractivity contribution in [1.29, 1.82) is 0 Å². The predicted octanol–water partition coefficient (Wildman–Crippen LogP) is 4.81. The molecule has 2 aromatic rings. The zero-order chi connectivity index (χ0) is 11.5. The molecule has 2 rings (SSSR count). The van der Waals surface area contributed by atoms with Crippen molar-refractivity contribution in [3.05, 3.63) is 40.9 Å². The number of benzene rings is 2. The highest BCUT2D eigenvalue weighted by atomic mass is 79.9. The summed E-state index contributed by atoms with van der Waals surface area (Å²) in [7, 11) is 0. The highest BCUT2D eigenvalue weighted by Crippen LogP contribution is 2.30. The van der Waals surface area contributed by atoms with E-state index >= 15 is 0 Å². The van der Waals surface area contributed by atoms with Crippen LogP contribution < -0.4 is 5.32 Å². The van der Waals surface area contributed by atoms with E-state index in [4.69, 9.17) is 0 Å². The molecule has 1 atom stereocenters. The minimum atomic E-state index is 0.504. The van der Waals surface area contributed by atoms with Gasteiger partial charge in [0.2, 0.25) is 0 Å². The van der Waals surface area contributed by atoms with Crippen LogP contribution in [0.4, 0.5) is 5.69 Å². The van der Waals surface area contributed by atoms with E-state index < -0.39 is 0 Å². The summed E-state index contributed by atoms with van der Waals surface area (Å²) in [5, 5.41) is 6.08. The van der Waals surface area contributed by atoms with Crippen LogP contribution in [-0.2, 0) is 0 Å². The standard InChI is InChI=1S/C14H16BrN/c1-3-10(2)16-14-9-8-13(15)11-6-4-5-7-12(11)14/h4-10,16H,3H2,1-2H3. The average molecular weight is 278 g/mol. The second-order valence-electron chi connectivity index (χ2n) is 4.09. The normalized spacial score (nSPS) is 12.7. The number of rotatable bonds is 3. The molecule has 0 aliphatic carbocycles. The van der Waals surface area contributed by atoms with Gasteiger partial charge in [0.15, 0.2) is 0 Å². The summed E-state index contributed by atoms with van der Waals surface area (Å²) in [6.07, 6.45) is 1.13. The first kappa shape index (κ1) is 11.5. The average Bonchev–Trinajstić information content (AvgIpc) is 2.33. The Morgan fingerprint density at radius 2 is 1.81 bits per heavy atom. The zero-order valence-electron chi connectivity index (χ0n) is 9.63. The quantitative estimate of drug-likeness (QED) is 0.849. The fourth-order valence-corrected chi connectivity index (χ4v) is 2.23. The van der Waals surface area contributed by atoms with Gasteiger partial charge in [0.25, 0.3) is 0 Å². The van der Waals surface area contributed by atoms with Gasteiger partial charge in [-0.2, -0.15) is 0 Å². The molecule has 0 radical (unpaired) electrons. The minimum Gasteiger partial charge on any atom is -0.382 e. The molecular weight excluding hydrogens is 262 g/mol. The van der Waals surface area contributed by atoms with Gasteiger partial charge in [-0.25, -0.2) is 0 Å². The lowest BCUT2D eigenvalue weighted by atomic mass is 10.1. The predicted molar refractivity (Wildman–Crippen MR) is 75.0 cm³/mol. The maximum atomic E-state index is 3.59. The third kappa shape index (κ3) is 2.22. The van der Waals surface area contributed by atoms with Gasteiger partial charge in [0, 0.05) is 21.6 Å². The molecule has 1 N–H and O–H groups in total. The first-order chi connectivity index (χ1) is 7.72. The van der Waals surface area contributed by atoms with Crippen LogP contribution in [-0.4, -0.2) is 6.04 Å². The van der Waals surface area contributed by atoms with Gasteiger partial charge >= 0.3 is 0 Å². The van der Waals surface area contributed by atoms with E-state index in [1.165, 1.54) is 16.5 Å². The molecule has 2 heteroatoms. The monoisotopic (exact) mass is 277 g/mol. The fourth-order valence-electron chi connectivity index (χ4n) is 1.76. The molecule has 0 aromatic heterocycles. The fraction of sp³-hybridized carbons (Fsp3) is 0.286. The molecule has 0 heterocycles. The van der Waals surface area contributed by atoms with Gasteiger partial charge in [0.1, 0.15) is 0 Å². The van der Waals surface area contributed by atoms with Gasteiger partial charge in [-0.1, -0.05) is 47.1 Å². The van der Waals surface area contributed by atoms with Gasteiger partial charge in [0.05, 0.1) is 0 Å². The van der Waals surface area contributed by atoms with Crippen LogP contribution in [0.15, 0.2) is 40.9 Å². The van der Waals surface area contributed by atoms with E-state index in [9.17, 15) is 0 Å². The molecule has 0 saturated heterocycles. The summed E-state index contributed by atoms with van der Waals surface area (Å²) >= 11 is 3.59. The first-order valence-corrected chi connectivity index (χ1v) is 6.45. The zero-order valence-corrected chi connectivity index (χ0v) is 11.2. The number of anilines is 1. The topological polar surface area (TPSA) is 12.0 Å². The van der Waals surface area contributed by atoms with Gasteiger partial charge < -0.3 is 5.32 Å². The van der Waals surface area contributed by atoms with E-state index in [0.717, 1.165) is 10.9 Å². The van der Waals surface area contributed by atoms with E-state index in [2.05, 4.69) is 71.5 Å². The van der Waals surface area contributed by atoms with E-state index in [1.807, 2.05) is 0 Å². The Hall–Kier alpha value is -1.02. The maximum Gasteiger partial charge on any atom is 0.0422 e. The van der Waals surface area contributed by atoms with Crippen molar-refractivity contribution >= 4 is 32.4 Å². The van der Waals surface area contributed by atoms with E-state index in [0.29, 0.717) is 6.04 Å². The van der Waals surface area contributed by atoms with E-state index in [-0.39, 0.29) is 0 Å². The molecule has 1 unspecified atom stereocenters. The molecular formula is C14H16BrN. The number of hydrogen-bond donors (Lipinski definition) is 1. The molecule has 2 aromatic carbocycles. The number of halogens is 1. The molecule has 0 aliphatic heterocycles. The summed E-state index contributed by atoms with van der Waals surface area (Å²) < 4.78 is 1.15. The smallest absolute Gasteiger partial charge is 0.0422 e. The molecule has 0 spiro atoms. The molecule has 0 bridgehead atoms. The van der Waals surface area contributed by atoms with Crippen molar-refractivity contribution in [3.8, 4) is 0 Å². The minimum absolute atomic E-state index is 0.504. The number of fused-ring (bicyclic) bond motifs is 1. The summed E-state index contributed by atoms with van der Waals surface area (Å²) in [6, 6.07) is 13.2. The summed E-state index contributed by atoms with van der Waals surface area (Å²) in [5.41, 5.74) is 1.22. The van der Waals surface area contributed by atoms with Crippen LogP contribution in [0, 0.1) is 0 Å². The Labute approximate surface area is 105 Å². The molecule has 1 nitrogen and oxygen atoms in total. The van der Waals surface area contributed by atoms with Crippen LogP contribution in [0.25, 0.3) is 10.8 Å². The third-order valence-corrected chi connectivity index (χ3v) is 3.58. The lowest BCUT2D eigenvalue weighted by Crippen LogP contribution is -2.13. The van der Waals surface area contributed by atoms with Crippen molar-refractivity contribution in [2.45, 2.75) is 26.3 Å².